The first kappa shape index (κ1) is 13.4. The van der Waals surface area contributed by atoms with Gasteiger partial charge in [-0.1, -0.05) is 26.7 Å². The van der Waals surface area contributed by atoms with Crippen molar-refractivity contribution < 1.29 is 4.74 Å². The summed E-state index contributed by atoms with van der Waals surface area (Å²) in [5.41, 5.74) is 1.19. The molecule has 0 aromatic carbocycles. The van der Waals surface area contributed by atoms with Gasteiger partial charge in [-0.25, -0.2) is 0 Å². The molecule has 0 amide bonds. The average Bonchev–Trinajstić information content (AvgIpc) is 2.59. The Labute approximate surface area is 110 Å². The van der Waals surface area contributed by atoms with Crippen LogP contribution in [-0.4, -0.2) is 23.4 Å². The Morgan fingerprint density at radius 1 is 1.39 bits per heavy atom. The average molecular weight is 251 g/mol. The number of aromatic nitrogens is 2. The van der Waals surface area contributed by atoms with Gasteiger partial charge in [0.1, 0.15) is 5.69 Å². The van der Waals surface area contributed by atoms with Crippen LogP contribution in [-0.2, 0) is 12.6 Å². The van der Waals surface area contributed by atoms with E-state index in [9.17, 15) is 0 Å². The summed E-state index contributed by atoms with van der Waals surface area (Å²) in [4.78, 5) is 0. The molecule has 1 aliphatic rings. The number of nitrogens with one attached hydrogen (secondary N) is 1. The molecule has 0 saturated carbocycles. The highest BCUT2D eigenvalue weighted by atomic mass is 16.5. The van der Waals surface area contributed by atoms with Crippen LogP contribution in [0, 0.1) is 5.92 Å². The Kier molecular flexibility index (Phi) is 3.95. The summed E-state index contributed by atoms with van der Waals surface area (Å²) in [6.45, 7) is 5.64. The van der Waals surface area contributed by atoms with Crippen molar-refractivity contribution >= 4 is 0 Å². The van der Waals surface area contributed by atoms with Crippen molar-refractivity contribution in [2.24, 2.45) is 13.0 Å². The number of nitrogens with zero attached hydrogens (tertiary/aromatic N) is 2. The van der Waals surface area contributed by atoms with Crippen molar-refractivity contribution in [2.45, 2.75) is 45.1 Å². The van der Waals surface area contributed by atoms with E-state index in [1.54, 1.807) is 7.11 Å². The molecule has 2 rings (SSSR count). The van der Waals surface area contributed by atoms with Crippen molar-refractivity contribution in [3.05, 3.63) is 11.9 Å². The number of ether oxygens (including phenoxy) is 1. The van der Waals surface area contributed by atoms with Crippen LogP contribution < -0.4 is 10.1 Å². The highest BCUT2D eigenvalue weighted by Gasteiger charge is 2.40. The van der Waals surface area contributed by atoms with Crippen LogP contribution in [0.5, 0.6) is 5.75 Å². The van der Waals surface area contributed by atoms with Gasteiger partial charge in [-0.05, 0) is 25.3 Å². The van der Waals surface area contributed by atoms with Crippen LogP contribution in [0.2, 0.25) is 0 Å². The quantitative estimate of drug-likeness (QED) is 0.897. The first-order valence-electron chi connectivity index (χ1n) is 6.93. The minimum Gasteiger partial charge on any atom is -0.493 e. The SMILES string of the molecule is COc1cnn(C)c1C1(C(C)C)CCCCCN1. The normalized spacial score (nSPS) is 25.2. The Hall–Kier alpha value is -1.03. The highest BCUT2D eigenvalue weighted by Crippen LogP contribution is 2.40. The molecule has 1 aliphatic heterocycles. The van der Waals surface area contributed by atoms with Crippen molar-refractivity contribution in [3.8, 4) is 5.75 Å². The van der Waals surface area contributed by atoms with Gasteiger partial charge in [0.15, 0.2) is 5.75 Å². The van der Waals surface area contributed by atoms with Crippen LogP contribution >= 0.6 is 0 Å². The fraction of sp³-hybridized carbons (Fsp3) is 0.786. The molecule has 2 heterocycles. The van der Waals surface area contributed by atoms with Gasteiger partial charge in [0.2, 0.25) is 0 Å². The van der Waals surface area contributed by atoms with E-state index in [0.717, 1.165) is 18.7 Å². The second kappa shape index (κ2) is 5.31. The lowest BCUT2D eigenvalue weighted by molar-refractivity contribution is 0.208. The van der Waals surface area contributed by atoms with E-state index in [1.165, 1.54) is 25.0 Å². The van der Waals surface area contributed by atoms with E-state index in [-0.39, 0.29) is 5.54 Å². The van der Waals surface area contributed by atoms with Crippen LogP contribution in [0.1, 0.15) is 45.2 Å². The number of methoxy groups -OCH3 is 1. The molecule has 4 heteroatoms. The monoisotopic (exact) mass is 251 g/mol. The van der Waals surface area contributed by atoms with Gasteiger partial charge in [0.05, 0.1) is 18.8 Å². The molecule has 1 aromatic heterocycles. The van der Waals surface area contributed by atoms with E-state index in [1.807, 2.05) is 17.9 Å². The molecule has 1 atom stereocenters. The van der Waals surface area contributed by atoms with Gasteiger partial charge in [-0.3, -0.25) is 4.68 Å². The molecule has 4 nitrogen and oxygen atoms in total. The molecule has 0 spiro atoms. The van der Waals surface area contributed by atoms with Gasteiger partial charge in [-0.15, -0.1) is 0 Å². The van der Waals surface area contributed by atoms with Crippen LogP contribution in [0.25, 0.3) is 0 Å². The van der Waals surface area contributed by atoms with Crippen molar-refractivity contribution in [2.75, 3.05) is 13.7 Å². The summed E-state index contributed by atoms with van der Waals surface area (Å²) in [7, 11) is 3.74. The third-order valence-corrected chi connectivity index (χ3v) is 4.22. The first-order valence-corrected chi connectivity index (χ1v) is 6.93. The largest absolute Gasteiger partial charge is 0.493 e. The molecule has 0 radical (unpaired) electrons. The van der Waals surface area contributed by atoms with Crippen molar-refractivity contribution in [1.29, 1.82) is 0 Å². The minimum absolute atomic E-state index is 0.00685. The molecule has 1 unspecified atom stereocenters. The second-order valence-electron chi connectivity index (χ2n) is 5.55. The summed E-state index contributed by atoms with van der Waals surface area (Å²) >= 11 is 0. The Bertz CT molecular complexity index is 390. The smallest absolute Gasteiger partial charge is 0.161 e. The molecule has 1 aromatic rings. The number of hydrogen-bond acceptors (Lipinski definition) is 3. The molecule has 0 aliphatic carbocycles. The van der Waals surface area contributed by atoms with Gasteiger partial charge >= 0.3 is 0 Å². The zero-order valence-corrected chi connectivity index (χ0v) is 12.0. The number of rotatable bonds is 3. The van der Waals surface area contributed by atoms with Crippen LogP contribution in [0.3, 0.4) is 0 Å². The number of aryl methyl sites for hydroxylation is 1. The third-order valence-electron chi connectivity index (χ3n) is 4.22. The maximum atomic E-state index is 5.51. The predicted octanol–water partition coefficient (Wildman–Crippen LogP) is 2.44. The van der Waals surface area contributed by atoms with Gasteiger partial charge < -0.3 is 10.1 Å². The van der Waals surface area contributed by atoms with E-state index < -0.39 is 0 Å². The second-order valence-corrected chi connectivity index (χ2v) is 5.55. The fourth-order valence-electron chi connectivity index (χ4n) is 3.15. The van der Waals surface area contributed by atoms with E-state index >= 15 is 0 Å². The lowest BCUT2D eigenvalue weighted by Crippen LogP contribution is -2.47. The minimum atomic E-state index is -0.00685. The maximum absolute atomic E-state index is 5.51. The van der Waals surface area contributed by atoms with E-state index in [2.05, 4.69) is 24.3 Å². The maximum Gasteiger partial charge on any atom is 0.161 e. The van der Waals surface area contributed by atoms with Crippen LogP contribution in [0.4, 0.5) is 0 Å². The molecule has 102 valence electrons. The fourth-order valence-corrected chi connectivity index (χ4v) is 3.15. The van der Waals surface area contributed by atoms with Crippen molar-refractivity contribution in [3.63, 3.8) is 0 Å². The lowest BCUT2D eigenvalue weighted by atomic mass is 9.79. The molecule has 1 saturated heterocycles. The van der Waals surface area contributed by atoms with Gasteiger partial charge in [0, 0.05) is 7.05 Å². The highest BCUT2D eigenvalue weighted by molar-refractivity contribution is 5.33. The Morgan fingerprint density at radius 2 is 2.17 bits per heavy atom. The zero-order chi connectivity index (χ0) is 13.2. The summed E-state index contributed by atoms with van der Waals surface area (Å²) in [5, 5.41) is 8.14. The van der Waals surface area contributed by atoms with E-state index in [0.29, 0.717) is 5.92 Å². The molecular weight excluding hydrogens is 226 g/mol. The Morgan fingerprint density at radius 3 is 2.83 bits per heavy atom. The standard InChI is InChI=1S/C14H25N3O/c1-11(2)14(8-6-5-7-9-15-14)13-12(18-4)10-16-17(13)3/h10-11,15H,5-9H2,1-4H3. The van der Waals surface area contributed by atoms with Gasteiger partial charge in [0.25, 0.3) is 0 Å². The summed E-state index contributed by atoms with van der Waals surface area (Å²) in [5.74, 6) is 1.42. The van der Waals surface area contributed by atoms with Crippen molar-refractivity contribution in [1.82, 2.24) is 15.1 Å². The molecule has 18 heavy (non-hydrogen) atoms. The van der Waals surface area contributed by atoms with Crippen LogP contribution in [0.15, 0.2) is 6.20 Å². The summed E-state index contributed by atoms with van der Waals surface area (Å²) in [6.07, 6.45) is 6.81. The molecule has 1 fully saturated rings. The third kappa shape index (κ3) is 2.14. The topological polar surface area (TPSA) is 39.1 Å². The molecular formula is C14H25N3O. The molecule has 1 N–H and O–H groups in total. The summed E-state index contributed by atoms with van der Waals surface area (Å²) < 4.78 is 7.48. The predicted molar refractivity (Wildman–Crippen MR) is 72.7 cm³/mol. The lowest BCUT2D eigenvalue weighted by Gasteiger charge is -2.38. The van der Waals surface area contributed by atoms with E-state index in [4.69, 9.17) is 4.74 Å². The molecule has 0 bridgehead atoms. The summed E-state index contributed by atoms with van der Waals surface area (Å²) in [6, 6.07) is 0. The zero-order valence-electron chi connectivity index (χ0n) is 12.0. The number of hydrogen-bond donors (Lipinski definition) is 1. The Balaban J connectivity index is 2.48. The van der Waals surface area contributed by atoms with Gasteiger partial charge in [-0.2, -0.15) is 5.10 Å². The first-order chi connectivity index (χ1) is 8.62.